The molecular weight excluding hydrogens is 405 g/mol. The van der Waals surface area contributed by atoms with Crippen molar-refractivity contribution in [1.82, 2.24) is 0 Å². The minimum absolute atomic E-state index is 0.00829. The molecule has 2 aromatic carbocycles. The van der Waals surface area contributed by atoms with Crippen molar-refractivity contribution in [3.8, 4) is 0 Å². The lowest BCUT2D eigenvalue weighted by Crippen LogP contribution is -2.30. The van der Waals surface area contributed by atoms with E-state index in [1.807, 2.05) is 0 Å². The Balaban J connectivity index is 2.02. The Morgan fingerprint density at radius 3 is 2.21 bits per heavy atom. The van der Waals surface area contributed by atoms with Gasteiger partial charge in [-0.1, -0.05) is 23.9 Å². The van der Waals surface area contributed by atoms with Crippen molar-refractivity contribution in [2.75, 3.05) is 5.32 Å². The second-order valence-electron chi connectivity index (χ2n) is 5.48. The van der Waals surface area contributed by atoms with Gasteiger partial charge in [0.2, 0.25) is 0 Å². The number of hydrogen-bond donors (Lipinski definition) is 1. The van der Waals surface area contributed by atoms with Gasteiger partial charge < -0.3 is 10.1 Å². The average Bonchev–Trinajstić information content (AvgIpc) is 2.61. The summed E-state index contributed by atoms with van der Waals surface area (Å²) >= 11 is 0.301. The van der Waals surface area contributed by atoms with E-state index in [0.717, 1.165) is 12.1 Å². The third kappa shape index (κ3) is 5.95. The third-order valence-electron chi connectivity index (χ3n) is 3.46. The van der Waals surface area contributed by atoms with Crippen LogP contribution in [0.15, 0.2) is 53.4 Å². The molecule has 0 saturated carbocycles. The summed E-state index contributed by atoms with van der Waals surface area (Å²) in [4.78, 5) is 24.4. The standard InChI is InChI=1S/C18H14F5NO3S/c1-10(15(25)24-14-5-3-2-4-13(14)18(21,22)23)27-16(26)11-6-8-12(9-7-11)28-17(19)20/h2-10,17H,1H3,(H,24,25). The number of para-hydroxylation sites is 1. The Bertz CT molecular complexity index is 840. The summed E-state index contributed by atoms with van der Waals surface area (Å²) in [5.41, 5.74) is -1.49. The summed E-state index contributed by atoms with van der Waals surface area (Å²) in [6, 6.07) is 9.46. The molecule has 0 spiro atoms. The zero-order valence-corrected chi connectivity index (χ0v) is 15.1. The van der Waals surface area contributed by atoms with Crippen LogP contribution in [0.5, 0.6) is 0 Å². The van der Waals surface area contributed by atoms with E-state index in [9.17, 15) is 31.5 Å². The molecule has 150 valence electrons. The zero-order chi connectivity index (χ0) is 20.9. The summed E-state index contributed by atoms with van der Waals surface area (Å²) < 4.78 is 68.4. The van der Waals surface area contributed by atoms with Crippen LogP contribution in [0.2, 0.25) is 0 Å². The molecule has 1 atom stereocenters. The first-order valence-electron chi connectivity index (χ1n) is 7.81. The first kappa shape index (κ1) is 21.7. The highest BCUT2D eigenvalue weighted by molar-refractivity contribution is 7.99. The molecule has 0 bridgehead atoms. The number of hydrogen-bond acceptors (Lipinski definition) is 4. The maximum atomic E-state index is 13.0. The van der Waals surface area contributed by atoms with Gasteiger partial charge in [-0.15, -0.1) is 0 Å². The van der Waals surface area contributed by atoms with Gasteiger partial charge in [0.25, 0.3) is 11.7 Å². The fraction of sp³-hybridized carbons (Fsp3) is 0.222. The number of nitrogens with one attached hydrogen (secondary N) is 1. The minimum Gasteiger partial charge on any atom is -0.449 e. The Morgan fingerprint density at radius 2 is 1.64 bits per heavy atom. The van der Waals surface area contributed by atoms with Crippen LogP contribution >= 0.6 is 11.8 Å². The number of esters is 1. The second-order valence-corrected chi connectivity index (χ2v) is 6.55. The van der Waals surface area contributed by atoms with Crippen LogP contribution in [0.3, 0.4) is 0 Å². The van der Waals surface area contributed by atoms with Gasteiger partial charge in [0.1, 0.15) is 0 Å². The van der Waals surface area contributed by atoms with E-state index in [0.29, 0.717) is 11.8 Å². The Hall–Kier alpha value is -2.62. The molecule has 0 fully saturated rings. The number of rotatable bonds is 6. The number of thioether (sulfide) groups is 1. The van der Waals surface area contributed by atoms with Gasteiger partial charge in [-0.3, -0.25) is 4.79 Å². The number of halogens is 5. The number of carbonyl (C=O) groups is 2. The van der Waals surface area contributed by atoms with E-state index in [2.05, 4.69) is 5.32 Å². The highest BCUT2D eigenvalue weighted by Gasteiger charge is 2.34. The Kier molecular flexibility index (Phi) is 7.00. The Labute approximate surface area is 161 Å². The number of amides is 1. The molecule has 1 amide bonds. The van der Waals surface area contributed by atoms with Crippen molar-refractivity contribution in [2.24, 2.45) is 0 Å². The van der Waals surface area contributed by atoms with Crippen LogP contribution in [0.1, 0.15) is 22.8 Å². The van der Waals surface area contributed by atoms with E-state index in [1.165, 1.54) is 43.3 Å². The first-order valence-corrected chi connectivity index (χ1v) is 8.69. The largest absolute Gasteiger partial charge is 0.449 e. The van der Waals surface area contributed by atoms with Gasteiger partial charge in [-0.25, -0.2) is 4.79 Å². The molecule has 1 N–H and O–H groups in total. The molecule has 0 aromatic heterocycles. The summed E-state index contributed by atoms with van der Waals surface area (Å²) in [5.74, 6) is -4.48. The molecule has 0 aliphatic rings. The van der Waals surface area contributed by atoms with Crippen molar-refractivity contribution in [3.05, 3.63) is 59.7 Å². The van der Waals surface area contributed by atoms with Crippen LogP contribution in [-0.2, 0) is 15.7 Å². The first-order chi connectivity index (χ1) is 13.1. The number of carbonyl (C=O) groups excluding carboxylic acids is 2. The van der Waals surface area contributed by atoms with Crippen LogP contribution in [0, 0.1) is 0 Å². The number of ether oxygens (including phenoxy) is 1. The minimum atomic E-state index is -4.66. The smallest absolute Gasteiger partial charge is 0.418 e. The highest BCUT2D eigenvalue weighted by Crippen LogP contribution is 2.34. The molecule has 2 aromatic rings. The SMILES string of the molecule is CC(OC(=O)c1ccc(SC(F)F)cc1)C(=O)Nc1ccccc1C(F)(F)F. The fourth-order valence-electron chi connectivity index (χ4n) is 2.13. The molecule has 0 aliphatic heterocycles. The van der Waals surface area contributed by atoms with Crippen LogP contribution < -0.4 is 5.32 Å². The van der Waals surface area contributed by atoms with Crippen molar-refractivity contribution in [1.29, 1.82) is 0 Å². The normalized spacial score (nSPS) is 12.5. The summed E-state index contributed by atoms with van der Waals surface area (Å²) in [6.07, 6.45) is -6.05. The van der Waals surface area contributed by atoms with Gasteiger partial charge in [-0.05, 0) is 43.3 Å². The highest BCUT2D eigenvalue weighted by atomic mass is 32.2. The maximum Gasteiger partial charge on any atom is 0.418 e. The maximum absolute atomic E-state index is 13.0. The van der Waals surface area contributed by atoms with E-state index >= 15 is 0 Å². The molecule has 0 saturated heterocycles. The van der Waals surface area contributed by atoms with Crippen molar-refractivity contribution in [3.63, 3.8) is 0 Å². The number of alkyl halides is 5. The van der Waals surface area contributed by atoms with Gasteiger partial charge in [0, 0.05) is 4.90 Å². The summed E-state index contributed by atoms with van der Waals surface area (Å²) in [5, 5.41) is 2.08. The quantitative estimate of drug-likeness (QED) is 0.397. The zero-order valence-electron chi connectivity index (χ0n) is 14.3. The van der Waals surface area contributed by atoms with Crippen LogP contribution in [0.25, 0.3) is 0 Å². The molecule has 10 heteroatoms. The van der Waals surface area contributed by atoms with Crippen molar-refractivity contribution >= 4 is 29.3 Å². The van der Waals surface area contributed by atoms with Gasteiger partial charge in [0.15, 0.2) is 6.10 Å². The fourth-order valence-corrected chi connectivity index (χ4v) is 2.63. The molecule has 0 radical (unpaired) electrons. The van der Waals surface area contributed by atoms with Crippen LogP contribution in [0.4, 0.5) is 27.6 Å². The average molecular weight is 419 g/mol. The van der Waals surface area contributed by atoms with Crippen LogP contribution in [-0.4, -0.2) is 23.7 Å². The molecule has 28 heavy (non-hydrogen) atoms. The topological polar surface area (TPSA) is 55.4 Å². The monoisotopic (exact) mass is 419 g/mol. The number of anilines is 1. The molecule has 1 unspecified atom stereocenters. The lowest BCUT2D eigenvalue weighted by Gasteiger charge is -2.17. The second kappa shape index (κ2) is 9.05. The summed E-state index contributed by atoms with van der Waals surface area (Å²) in [6.45, 7) is 1.20. The molecule has 2 rings (SSSR count). The van der Waals surface area contributed by atoms with E-state index in [1.54, 1.807) is 0 Å². The molecular formula is C18H14F5NO3S. The Morgan fingerprint density at radius 1 is 1.04 bits per heavy atom. The third-order valence-corrected chi connectivity index (χ3v) is 4.18. The molecule has 4 nitrogen and oxygen atoms in total. The van der Waals surface area contributed by atoms with E-state index in [-0.39, 0.29) is 10.5 Å². The lowest BCUT2D eigenvalue weighted by molar-refractivity contribution is -0.137. The molecule has 0 aliphatic carbocycles. The van der Waals surface area contributed by atoms with Gasteiger partial charge in [0.05, 0.1) is 16.8 Å². The van der Waals surface area contributed by atoms with Gasteiger partial charge in [-0.2, -0.15) is 22.0 Å². The summed E-state index contributed by atoms with van der Waals surface area (Å²) in [7, 11) is 0. The van der Waals surface area contributed by atoms with Crippen molar-refractivity contribution in [2.45, 2.75) is 29.9 Å². The number of benzene rings is 2. The van der Waals surface area contributed by atoms with Gasteiger partial charge >= 0.3 is 12.1 Å². The van der Waals surface area contributed by atoms with E-state index < -0.39 is 41.2 Å². The predicted molar refractivity (Wildman–Crippen MR) is 93.3 cm³/mol. The van der Waals surface area contributed by atoms with E-state index in [4.69, 9.17) is 4.74 Å². The lowest BCUT2D eigenvalue weighted by atomic mass is 10.1. The molecule has 0 heterocycles. The van der Waals surface area contributed by atoms with Crippen molar-refractivity contribution < 1.29 is 36.3 Å². The predicted octanol–water partition coefficient (Wildman–Crippen LogP) is 5.20.